The van der Waals surface area contributed by atoms with Crippen LogP contribution in [0.15, 0.2) is 17.7 Å². The number of carbonyl (C=O) groups excluding carboxylic acids is 1. The molecule has 0 saturated carbocycles. The molecule has 0 bridgehead atoms. The number of nitrogens with one attached hydrogen (secondary N) is 1. The van der Waals surface area contributed by atoms with Crippen LogP contribution in [0.1, 0.15) is 11.1 Å². The molecule has 1 saturated heterocycles. The van der Waals surface area contributed by atoms with E-state index in [1.807, 2.05) is 0 Å². The molecule has 0 radical (unpaired) electrons. The standard InChI is InChI=1S/C13H16ClN3O2/c1-6-2-10(18)8(3-9(6)14)12(15)11(13(16)19)7-4-17-5-7/h2-3,7,17-18H,4-5,15H2,1H3,(H2,16,19)/b12-11+. The lowest BCUT2D eigenvalue weighted by atomic mass is 9.89. The zero-order valence-electron chi connectivity index (χ0n) is 10.5. The van der Waals surface area contributed by atoms with Crippen LogP contribution in [0.4, 0.5) is 0 Å². The van der Waals surface area contributed by atoms with Crippen molar-refractivity contribution < 1.29 is 9.90 Å². The number of aryl methyl sites for hydroxylation is 1. The number of phenols is 1. The molecule has 5 nitrogen and oxygen atoms in total. The lowest BCUT2D eigenvalue weighted by molar-refractivity contribution is -0.115. The highest BCUT2D eigenvalue weighted by atomic mass is 35.5. The quantitative estimate of drug-likeness (QED) is 0.614. The summed E-state index contributed by atoms with van der Waals surface area (Å²) in [6, 6.07) is 3.07. The number of carbonyl (C=O) groups is 1. The van der Waals surface area contributed by atoms with Crippen molar-refractivity contribution in [3.8, 4) is 5.75 Å². The van der Waals surface area contributed by atoms with E-state index >= 15 is 0 Å². The molecule has 102 valence electrons. The highest BCUT2D eigenvalue weighted by Gasteiger charge is 2.28. The van der Waals surface area contributed by atoms with Gasteiger partial charge in [0.1, 0.15) is 5.75 Å². The number of rotatable bonds is 3. The first kappa shape index (κ1) is 13.7. The summed E-state index contributed by atoms with van der Waals surface area (Å²) in [4.78, 5) is 11.6. The van der Waals surface area contributed by atoms with E-state index in [4.69, 9.17) is 23.1 Å². The monoisotopic (exact) mass is 281 g/mol. The van der Waals surface area contributed by atoms with E-state index in [-0.39, 0.29) is 17.4 Å². The number of benzene rings is 1. The van der Waals surface area contributed by atoms with E-state index in [1.165, 1.54) is 6.07 Å². The van der Waals surface area contributed by atoms with Crippen LogP contribution in [0.5, 0.6) is 5.75 Å². The third kappa shape index (κ3) is 2.52. The molecule has 1 heterocycles. The Morgan fingerprint density at radius 1 is 1.42 bits per heavy atom. The minimum Gasteiger partial charge on any atom is -0.507 e. The molecule has 1 fully saturated rings. The zero-order valence-corrected chi connectivity index (χ0v) is 11.3. The summed E-state index contributed by atoms with van der Waals surface area (Å²) in [5.74, 6) is -0.595. The topological polar surface area (TPSA) is 101 Å². The fraction of sp³-hybridized carbons (Fsp3) is 0.308. The van der Waals surface area contributed by atoms with Gasteiger partial charge in [-0.2, -0.15) is 0 Å². The predicted octanol–water partition coefficient (Wildman–Crippen LogP) is 0.729. The molecule has 0 aromatic heterocycles. The lowest BCUT2D eigenvalue weighted by Gasteiger charge is -2.29. The first-order chi connectivity index (χ1) is 8.91. The second kappa shape index (κ2) is 5.11. The van der Waals surface area contributed by atoms with Crippen molar-refractivity contribution in [1.82, 2.24) is 5.32 Å². The molecule has 0 atom stereocenters. The van der Waals surface area contributed by atoms with Crippen molar-refractivity contribution >= 4 is 23.2 Å². The van der Waals surface area contributed by atoms with Crippen molar-refractivity contribution in [2.45, 2.75) is 6.92 Å². The predicted molar refractivity (Wildman–Crippen MR) is 74.5 cm³/mol. The molecule has 19 heavy (non-hydrogen) atoms. The molecular formula is C13H16ClN3O2. The van der Waals surface area contributed by atoms with Gasteiger partial charge in [0.25, 0.3) is 0 Å². The number of hydrogen-bond acceptors (Lipinski definition) is 4. The average Bonchev–Trinajstić information content (AvgIpc) is 2.27. The van der Waals surface area contributed by atoms with E-state index < -0.39 is 5.91 Å². The van der Waals surface area contributed by atoms with Crippen LogP contribution in [0.3, 0.4) is 0 Å². The van der Waals surface area contributed by atoms with Crippen molar-refractivity contribution in [2.75, 3.05) is 13.1 Å². The second-order valence-electron chi connectivity index (χ2n) is 4.67. The molecule has 6 N–H and O–H groups in total. The average molecular weight is 282 g/mol. The Balaban J connectivity index is 2.54. The van der Waals surface area contributed by atoms with Crippen LogP contribution >= 0.6 is 11.6 Å². The zero-order chi connectivity index (χ0) is 14.2. The van der Waals surface area contributed by atoms with Gasteiger partial charge in [-0.05, 0) is 24.6 Å². The molecule has 6 heteroatoms. The number of primary amides is 1. The van der Waals surface area contributed by atoms with Crippen molar-refractivity contribution in [1.29, 1.82) is 0 Å². The Hall–Kier alpha value is -1.72. The molecule has 0 unspecified atom stereocenters. The minimum absolute atomic E-state index is 0.00886. The molecule has 1 aliphatic heterocycles. The van der Waals surface area contributed by atoms with Gasteiger partial charge in [-0.25, -0.2) is 0 Å². The Kier molecular flexibility index (Phi) is 3.68. The van der Waals surface area contributed by atoms with Gasteiger partial charge in [0, 0.05) is 35.2 Å². The molecule has 1 aliphatic rings. The van der Waals surface area contributed by atoms with Gasteiger partial charge in [0.05, 0.1) is 5.70 Å². The summed E-state index contributed by atoms with van der Waals surface area (Å²) in [5.41, 5.74) is 13.0. The fourth-order valence-electron chi connectivity index (χ4n) is 2.07. The summed E-state index contributed by atoms with van der Waals surface area (Å²) in [7, 11) is 0. The molecule has 1 amide bonds. The van der Waals surface area contributed by atoms with E-state index in [2.05, 4.69) is 5.32 Å². The summed E-state index contributed by atoms with van der Waals surface area (Å²) < 4.78 is 0. The van der Waals surface area contributed by atoms with E-state index in [9.17, 15) is 9.90 Å². The highest BCUT2D eigenvalue weighted by Crippen LogP contribution is 2.32. The molecular weight excluding hydrogens is 266 g/mol. The minimum atomic E-state index is -0.569. The van der Waals surface area contributed by atoms with E-state index in [1.54, 1.807) is 13.0 Å². The van der Waals surface area contributed by atoms with Gasteiger partial charge in [-0.1, -0.05) is 11.6 Å². The van der Waals surface area contributed by atoms with Gasteiger partial charge in [-0.3, -0.25) is 4.79 Å². The number of hydrogen-bond donors (Lipinski definition) is 4. The van der Waals surface area contributed by atoms with Crippen molar-refractivity contribution in [3.63, 3.8) is 0 Å². The fourth-order valence-corrected chi connectivity index (χ4v) is 2.24. The Labute approximate surface area is 116 Å². The summed E-state index contributed by atoms with van der Waals surface area (Å²) in [6.45, 7) is 3.08. The highest BCUT2D eigenvalue weighted by molar-refractivity contribution is 6.31. The van der Waals surface area contributed by atoms with Crippen LogP contribution < -0.4 is 16.8 Å². The van der Waals surface area contributed by atoms with Gasteiger partial charge < -0.3 is 21.9 Å². The first-order valence-corrected chi connectivity index (χ1v) is 6.29. The second-order valence-corrected chi connectivity index (χ2v) is 5.07. The molecule has 1 aromatic rings. The third-order valence-electron chi connectivity index (χ3n) is 3.31. The third-order valence-corrected chi connectivity index (χ3v) is 3.72. The van der Waals surface area contributed by atoms with Gasteiger partial charge in [0.2, 0.25) is 5.91 Å². The smallest absolute Gasteiger partial charge is 0.247 e. The Morgan fingerprint density at radius 3 is 2.53 bits per heavy atom. The maximum atomic E-state index is 11.6. The number of phenolic OH excluding ortho intramolecular Hbond substituents is 1. The summed E-state index contributed by atoms with van der Waals surface area (Å²) in [6.07, 6.45) is 0. The van der Waals surface area contributed by atoms with Crippen LogP contribution in [0, 0.1) is 12.8 Å². The van der Waals surface area contributed by atoms with Gasteiger partial charge in [-0.15, -0.1) is 0 Å². The molecule has 1 aromatic carbocycles. The van der Waals surface area contributed by atoms with E-state index in [0.717, 1.165) is 5.56 Å². The number of amides is 1. The largest absolute Gasteiger partial charge is 0.507 e. The van der Waals surface area contributed by atoms with Crippen LogP contribution in [0.2, 0.25) is 5.02 Å². The SMILES string of the molecule is Cc1cc(O)c(/C(N)=C(\C(N)=O)C2CNC2)cc1Cl. The molecule has 0 spiro atoms. The maximum Gasteiger partial charge on any atom is 0.247 e. The summed E-state index contributed by atoms with van der Waals surface area (Å²) >= 11 is 6.02. The van der Waals surface area contributed by atoms with Crippen LogP contribution in [-0.2, 0) is 4.79 Å². The Morgan fingerprint density at radius 2 is 2.05 bits per heavy atom. The van der Waals surface area contributed by atoms with Crippen molar-refractivity contribution in [2.24, 2.45) is 17.4 Å². The number of nitrogens with two attached hydrogens (primary N) is 2. The number of aromatic hydroxyl groups is 1. The Bertz CT molecular complexity index is 565. The van der Waals surface area contributed by atoms with E-state index in [0.29, 0.717) is 29.2 Å². The summed E-state index contributed by atoms with van der Waals surface area (Å²) in [5, 5.41) is 13.5. The van der Waals surface area contributed by atoms with Crippen LogP contribution in [0.25, 0.3) is 5.70 Å². The number of halogens is 1. The lowest BCUT2D eigenvalue weighted by Crippen LogP contribution is -2.46. The van der Waals surface area contributed by atoms with Crippen LogP contribution in [-0.4, -0.2) is 24.1 Å². The molecule has 2 rings (SSSR count). The van der Waals surface area contributed by atoms with Crippen molar-refractivity contribution in [3.05, 3.63) is 33.9 Å². The normalized spacial score (nSPS) is 16.7. The van der Waals surface area contributed by atoms with Gasteiger partial charge in [0.15, 0.2) is 0 Å². The molecule has 0 aliphatic carbocycles. The first-order valence-electron chi connectivity index (χ1n) is 5.91. The maximum absolute atomic E-state index is 11.6. The van der Waals surface area contributed by atoms with Gasteiger partial charge >= 0.3 is 0 Å².